The number of ketones is 1. The van der Waals surface area contributed by atoms with Gasteiger partial charge in [-0.2, -0.15) is 0 Å². The smallest absolute Gasteiger partial charge is 0.190 e. The van der Waals surface area contributed by atoms with E-state index in [0.29, 0.717) is 6.42 Å². The lowest BCUT2D eigenvalue weighted by molar-refractivity contribution is -0.134. The van der Waals surface area contributed by atoms with Crippen molar-refractivity contribution in [3.8, 4) is 0 Å². The Morgan fingerprint density at radius 1 is 1.18 bits per heavy atom. The fourth-order valence-electron chi connectivity index (χ4n) is 4.14. The van der Waals surface area contributed by atoms with E-state index in [1.807, 2.05) is 0 Å². The van der Waals surface area contributed by atoms with E-state index in [-0.39, 0.29) is 16.6 Å². The maximum atomic E-state index is 12.5. The number of hydrogen-bond acceptors (Lipinski definition) is 2. The number of hydrogen-bond donors (Lipinski definition) is 1. The maximum Gasteiger partial charge on any atom is 0.190 e. The first kappa shape index (κ1) is 11.5. The summed E-state index contributed by atoms with van der Waals surface area (Å²) in [5, 5.41) is 10.2. The molecular formula is C15H22O2. The average Bonchev–Trinajstić information content (AvgIpc) is 2.81. The van der Waals surface area contributed by atoms with Gasteiger partial charge < -0.3 is 5.11 Å². The highest BCUT2D eigenvalue weighted by atomic mass is 16.3. The second-order valence-electron chi connectivity index (χ2n) is 7.36. The summed E-state index contributed by atoms with van der Waals surface area (Å²) < 4.78 is 0. The minimum atomic E-state index is -1.13. The summed E-state index contributed by atoms with van der Waals surface area (Å²) in [7, 11) is 0. The molecule has 0 saturated heterocycles. The zero-order chi connectivity index (χ0) is 12.6. The van der Waals surface area contributed by atoms with Gasteiger partial charge in [0.1, 0.15) is 5.60 Å². The van der Waals surface area contributed by atoms with Gasteiger partial charge in [0.05, 0.1) is 0 Å². The van der Waals surface area contributed by atoms with Crippen LogP contribution in [-0.4, -0.2) is 16.5 Å². The van der Waals surface area contributed by atoms with E-state index >= 15 is 0 Å². The third-order valence-electron chi connectivity index (χ3n) is 5.41. The summed E-state index contributed by atoms with van der Waals surface area (Å²) in [6.45, 7) is 8.31. The Morgan fingerprint density at radius 3 is 2.47 bits per heavy atom. The fourth-order valence-corrected chi connectivity index (χ4v) is 4.14. The van der Waals surface area contributed by atoms with Gasteiger partial charge in [0.25, 0.3) is 0 Å². The van der Waals surface area contributed by atoms with E-state index in [9.17, 15) is 9.90 Å². The predicted octanol–water partition coefficient (Wildman–Crippen LogP) is 2.85. The number of aliphatic hydroxyl groups is 1. The number of rotatable bonds is 0. The van der Waals surface area contributed by atoms with Gasteiger partial charge in [-0.1, -0.05) is 26.3 Å². The third kappa shape index (κ3) is 1.33. The molecule has 3 aliphatic carbocycles. The molecule has 0 heterocycles. The Labute approximate surface area is 103 Å². The number of carbonyl (C=O) groups excluding carboxylic acids is 1. The SMILES string of the molecule is CC1(C)C[C@@H]2C[C@@]2(C)C2=C1C(=O)[C@@](C)(O)CC2. The van der Waals surface area contributed by atoms with Crippen molar-refractivity contribution in [2.24, 2.45) is 16.7 Å². The zero-order valence-corrected chi connectivity index (χ0v) is 11.3. The van der Waals surface area contributed by atoms with E-state index in [4.69, 9.17) is 0 Å². The summed E-state index contributed by atoms with van der Waals surface area (Å²) in [4.78, 5) is 12.5. The second-order valence-corrected chi connectivity index (χ2v) is 7.36. The molecule has 94 valence electrons. The minimum Gasteiger partial charge on any atom is -0.382 e. The largest absolute Gasteiger partial charge is 0.382 e. The van der Waals surface area contributed by atoms with Crippen molar-refractivity contribution in [2.75, 3.05) is 0 Å². The molecule has 0 spiro atoms. The Bertz CT molecular complexity index is 442. The minimum absolute atomic E-state index is 0.00433. The lowest BCUT2D eigenvalue weighted by Gasteiger charge is -2.43. The van der Waals surface area contributed by atoms with Gasteiger partial charge in [-0.05, 0) is 49.4 Å². The van der Waals surface area contributed by atoms with Crippen LogP contribution in [0.25, 0.3) is 0 Å². The summed E-state index contributed by atoms with van der Waals surface area (Å²) in [6.07, 6.45) is 3.85. The van der Waals surface area contributed by atoms with E-state index in [0.717, 1.165) is 24.3 Å². The molecule has 3 atom stereocenters. The van der Waals surface area contributed by atoms with Crippen LogP contribution in [0.5, 0.6) is 0 Å². The van der Waals surface area contributed by atoms with E-state index in [1.54, 1.807) is 6.92 Å². The van der Waals surface area contributed by atoms with Gasteiger partial charge in [-0.3, -0.25) is 4.79 Å². The molecular weight excluding hydrogens is 212 g/mol. The normalized spacial score (nSPS) is 47.6. The first-order valence-electron chi connectivity index (χ1n) is 6.70. The average molecular weight is 234 g/mol. The number of fused-ring (bicyclic) bond motifs is 2. The Kier molecular flexibility index (Phi) is 1.92. The van der Waals surface area contributed by atoms with Crippen LogP contribution in [0.3, 0.4) is 0 Å². The number of carbonyl (C=O) groups is 1. The van der Waals surface area contributed by atoms with Crippen molar-refractivity contribution in [1.29, 1.82) is 0 Å². The van der Waals surface area contributed by atoms with E-state index in [1.165, 1.54) is 12.0 Å². The lowest BCUT2D eigenvalue weighted by Crippen LogP contribution is -2.46. The molecule has 0 aromatic rings. The third-order valence-corrected chi connectivity index (χ3v) is 5.41. The van der Waals surface area contributed by atoms with Crippen molar-refractivity contribution in [2.45, 2.75) is 59.0 Å². The summed E-state index contributed by atoms with van der Waals surface area (Å²) in [5.41, 5.74) is 1.45. The molecule has 0 aromatic heterocycles. The van der Waals surface area contributed by atoms with Crippen molar-refractivity contribution in [1.82, 2.24) is 0 Å². The quantitative estimate of drug-likeness (QED) is 0.699. The molecule has 3 rings (SSSR count). The summed E-state index contributed by atoms with van der Waals surface area (Å²) in [5.74, 6) is 0.766. The Hall–Kier alpha value is -0.630. The van der Waals surface area contributed by atoms with Gasteiger partial charge in [0.15, 0.2) is 5.78 Å². The Morgan fingerprint density at radius 2 is 1.82 bits per heavy atom. The van der Waals surface area contributed by atoms with Gasteiger partial charge in [-0.25, -0.2) is 0 Å². The molecule has 1 fully saturated rings. The monoisotopic (exact) mass is 234 g/mol. The maximum absolute atomic E-state index is 12.5. The molecule has 0 unspecified atom stereocenters. The number of Topliss-reactive ketones (excluding diaryl/α,β-unsaturated/α-hetero) is 1. The molecule has 2 heteroatoms. The molecule has 0 radical (unpaired) electrons. The predicted molar refractivity (Wildman–Crippen MR) is 66.5 cm³/mol. The van der Waals surface area contributed by atoms with Crippen LogP contribution in [0.4, 0.5) is 0 Å². The van der Waals surface area contributed by atoms with Crippen molar-refractivity contribution in [3.63, 3.8) is 0 Å². The van der Waals surface area contributed by atoms with Crippen molar-refractivity contribution >= 4 is 5.78 Å². The topological polar surface area (TPSA) is 37.3 Å². The van der Waals surface area contributed by atoms with Crippen LogP contribution >= 0.6 is 0 Å². The highest BCUT2D eigenvalue weighted by molar-refractivity contribution is 6.04. The van der Waals surface area contributed by atoms with Gasteiger partial charge >= 0.3 is 0 Å². The zero-order valence-electron chi connectivity index (χ0n) is 11.3. The van der Waals surface area contributed by atoms with Crippen LogP contribution in [0, 0.1) is 16.7 Å². The van der Waals surface area contributed by atoms with Gasteiger partial charge in [0, 0.05) is 5.57 Å². The van der Waals surface area contributed by atoms with Gasteiger partial charge in [-0.15, -0.1) is 0 Å². The van der Waals surface area contributed by atoms with E-state index < -0.39 is 5.60 Å². The molecule has 0 amide bonds. The summed E-state index contributed by atoms with van der Waals surface area (Å²) in [6, 6.07) is 0. The molecule has 3 aliphatic rings. The van der Waals surface area contributed by atoms with Crippen molar-refractivity contribution < 1.29 is 9.90 Å². The van der Waals surface area contributed by atoms with Crippen LogP contribution in [0.2, 0.25) is 0 Å². The molecule has 2 nitrogen and oxygen atoms in total. The van der Waals surface area contributed by atoms with Gasteiger partial charge in [0.2, 0.25) is 0 Å². The molecule has 0 bridgehead atoms. The van der Waals surface area contributed by atoms with Crippen LogP contribution in [0.1, 0.15) is 53.4 Å². The molecule has 17 heavy (non-hydrogen) atoms. The molecule has 0 aliphatic heterocycles. The molecule has 1 N–H and O–H groups in total. The summed E-state index contributed by atoms with van der Waals surface area (Å²) >= 11 is 0. The highest BCUT2D eigenvalue weighted by Gasteiger charge is 2.62. The molecule has 1 saturated carbocycles. The van der Waals surface area contributed by atoms with Crippen LogP contribution < -0.4 is 0 Å². The van der Waals surface area contributed by atoms with Crippen LogP contribution in [-0.2, 0) is 4.79 Å². The first-order chi connectivity index (χ1) is 7.68. The first-order valence-corrected chi connectivity index (χ1v) is 6.70. The standard InChI is InChI=1S/C15H22O2/c1-13(2)7-9-8-14(9,3)10-5-6-15(4,17)12(16)11(10)13/h9,17H,5-8H2,1-4H3/t9-,14-,15+/m1/s1. The highest BCUT2D eigenvalue weighted by Crippen LogP contribution is 2.69. The van der Waals surface area contributed by atoms with Crippen LogP contribution in [0.15, 0.2) is 11.1 Å². The fraction of sp³-hybridized carbons (Fsp3) is 0.800. The Balaban J connectivity index is 2.17. The number of allylic oxidation sites excluding steroid dienone is 1. The van der Waals surface area contributed by atoms with E-state index in [2.05, 4.69) is 20.8 Å². The second kappa shape index (κ2) is 2.85. The molecule has 0 aromatic carbocycles. The lowest BCUT2D eigenvalue weighted by atomic mass is 9.61. The van der Waals surface area contributed by atoms with Crippen molar-refractivity contribution in [3.05, 3.63) is 11.1 Å².